The zero-order valence-electron chi connectivity index (χ0n) is 10.8. The molecule has 0 fully saturated rings. The highest BCUT2D eigenvalue weighted by Crippen LogP contribution is 2.22. The third kappa shape index (κ3) is 5.76. The summed E-state index contributed by atoms with van der Waals surface area (Å²) in [6.45, 7) is 1.43. The number of benzene rings is 1. The Labute approximate surface area is 114 Å². The van der Waals surface area contributed by atoms with Crippen molar-refractivity contribution in [1.82, 2.24) is 0 Å². The highest BCUT2D eigenvalue weighted by atomic mass is 19.4. The van der Waals surface area contributed by atoms with Gasteiger partial charge in [0, 0.05) is 17.7 Å². The lowest BCUT2D eigenvalue weighted by Gasteiger charge is -2.10. The van der Waals surface area contributed by atoms with Crippen molar-refractivity contribution in [1.29, 1.82) is 0 Å². The summed E-state index contributed by atoms with van der Waals surface area (Å²) in [6, 6.07) is 4.95. The fourth-order valence-corrected chi connectivity index (χ4v) is 1.44. The molecule has 0 atom stereocenters. The number of aliphatic hydroxyl groups excluding tert-OH is 1. The Bertz CT molecular complexity index is 542. The van der Waals surface area contributed by atoms with E-state index in [0.717, 1.165) is 5.56 Å². The Hall–Kier alpha value is -2.00. The number of halogens is 3. The Morgan fingerprint density at radius 1 is 1.40 bits per heavy atom. The largest absolute Gasteiger partial charge is 0.389 e. The third-order valence-corrected chi connectivity index (χ3v) is 2.46. The zero-order chi connectivity index (χ0) is 15.2. The number of hydrogen-bond acceptors (Lipinski definition) is 2. The van der Waals surface area contributed by atoms with Crippen LogP contribution in [0.25, 0.3) is 0 Å². The van der Waals surface area contributed by atoms with Crippen LogP contribution in [-0.2, 0) is 4.79 Å². The van der Waals surface area contributed by atoms with Gasteiger partial charge in [0.2, 0.25) is 5.91 Å². The average molecular weight is 285 g/mol. The van der Waals surface area contributed by atoms with E-state index in [4.69, 9.17) is 5.11 Å². The summed E-state index contributed by atoms with van der Waals surface area (Å²) in [6.07, 6.45) is -6.11. The van der Waals surface area contributed by atoms with Crippen molar-refractivity contribution in [2.45, 2.75) is 25.9 Å². The number of aliphatic hydroxyl groups is 1. The minimum atomic E-state index is -4.35. The van der Waals surface area contributed by atoms with Gasteiger partial charge in [-0.15, -0.1) is 0 Å². The maximum atomic E-state index is 12.0. The summed E-state index contributed by atoms with van der Waals surface area (Å²) in [5.41, 5.74) is 1.71. The van der Waals surface area contributed by atoms with Gasteiger partial charge in [-0.2, -0.15) is 13.2 Å². The lowest BCUT2D eigenvalue weighted by molar-refractivity contribution is -0.142. The Balaban J connectivity index is 2.73. The molecule has 0 spiro atoms. The van der Waals surface area contributed by atoms with Crippen LogP contribution in [0.4, 0.5) is 18.9 Å². The normalized spacial score (nSPS) is 10.7. The molecule has 3 nitrogen and oxygen atoms in total. The van der Waals surface area contributed by atoms with E-state index in [2.05, 4.69) is 17.2 Å². The molecule has 1 amide bonds. The number of nitrogens with one attached hydrogen (secondary N) is 1. The first-order valence-corrected chi connectivity index (χ1v) is 5.89. The van der Waals surface area contributed by atoms with Crippen LogP contribution >= 0.6 is 0 Å². The molecule has 20 heavy (non-hydrogen) atoms. The van der Waals surface area contributed by atoms with E-state index in [1.54, 1.807) is 25.1 Å². The predicted octanol–water partition coefficient (Wildman–Crippen LogP) is 2.62. The van der Waals surface area contributed by atoms with Crippen LogP contribution in [0.2, 0.25) is 0 Å². The molecule has 0 radical (unpaired) electrons. The van der Waals surface area contributed by atoms with Crippen molar-refractivity contribution >= 4 is 11.6 Å². The number of alkyl halides is 3. The number of carbonyl (C=O) groups is 1. The molecule has 1 aromatic carbocycles. The van der Waals surface area contributed by atoms with Gasteiger partial charge in [0.05, 0.1) is 6.42 Å². The molecule has 108 valence electrons. The Kier molecular flexibility index (Phi) is 5.59. The Morgan fingerprint density at radius 3 is 2.70 bits per heavy atom. The summed E-state index contributed by atoms with van der Waals surface area (Å²) in [5, 5.41) is 11.0. The van der Waals surface area contributed by atoms with Gasteiger partial charge in [-0.05, 0) is 24.6 Å². The van der Waals surface area contributed by atoms with Crippen molar-refractivity contribution < 1.29 is 23.1 Å². The zero-order valence-corrected chi connectivity index (χ0v) is 10.8. The van der Waals surface area contributed by atoms with Crippen LogP contribution in [0.3, 0.4) is 0 Å². The van der Waals surface area contributed by atoms with E-state index in [1.165, 1.54) is 0 Å². The maximum absolute atomic E-state index is 12.0. The maximum Gasteiger partial charge on any atom is 0.389 e. The molecule has 0 heterocycles. The van der Waals surface area contributed by atoms with Gasteiger partial charge in [0.15, 0.2) is 0 Å². The summed E-state index contributed by atoms with van der Waals surface area (Å²) in [5.74, 6) is 4.42. The van der Waals surface area contributed by atoms with E-state index in [0.29, 0.717) is 11.3 Å². The van der Waals surface area contributed by atoms with Crippen LogP contribution in [-0.4, -0.2) is 23.8 Å². The number of anilines is 1. The summed E-state index contributed by atoms with van der Waals surface area (Å²) < 4.78 is 36.0. The van der Waals surface area contributed by atoms with E-state index in [1.807, 2.05) is 0 Å². The Morgan fingerprint density at radius 2 is 2.10 bits per heavy atom. The molecule has 0 aliphatic heterocycles. The fraction of sp³-hybridized carbons (Fsp3) is 0.357. The SMILES string of the molecule is Cc1ccc(C#CCO)cc1NC(=O)CCC(F)(F)F. The third-order valence-electron chi connectivity index (χ3n) is 2.46. The second kappa shape index (κ2) is 6.96. The molecule has 6 heteroatoms. The number of amides is 1. The first-order chi connectivity index (χ1) is 9.31. The molecule has 0 saturated heterocycles. The smallest absolute Gasteiger partial charge is 0.384 e. The standard InChI is InChI=1S/C14H14F3NO2/c1-10-4-5-11(3-2-8-19)9-12(10)18-13(20)6-7-14(15,16)17/h4-5,9,19H,6-8H2,1H3,(H,18,20). The lowest BCUT2D eigenvalue weighted by Crippen LogP contribution is -2.17. The monoisotopic (exact) mass is 285 g/mol. The second-order valence-electron chi connectivity index (χ2n) is 4.15. The summed E-state index contributed by atoms with van der Waals surface area (Å²) >= 11 is 0. The highest BCUT2D eigenvalue weighted by molar-refractivity contribution is 5.91. The van der Waals surface area contributed by atoms with E-state index >= 15 is 0 Å². The molecular weight excluding hydrogens is 271 g/mol. The average Bonchev–Trinajstić information content (AvgIpc) is 2.36. The van der Waals surface area contributed by atoms with Crippen molar-refractivity contribution in [2.24, 2.45) is 0 Å². The molecule has 1 rings (SSSR count). The van der Waals surface area contributed by atoms with Crippen molar-refractivity contribution in [3.63, 3.8) is 0 Å². The molecule has 1 aromatic rings. The van der Waals surface area contributed by atoms with Crippen molar-refractivity contribution in [3.8, 4) is 11.8 Å². The van der Waals surface area contributed by atoms with Crippen LogP contribution < -0.4 is 5.32 Å². The van der Waals surface area contributed by atoms with Crippen LogP contribution in [0.1, 0.15) is 24.0 Å². The predicted molar refractivity (Wildman–Crippen MR) is 69.1 cm³/mol. The van der Waals surface area contributed by atoms with Gasteiger partial charge in [0.1, 0.15) is 6.61 Å². The first-order valence-electron chi connectivity index (χ1n) is 5.89. The highest BCUT2D eigenvalue weighted by Gasteiger charge is 2.27. The van der Waals surface area contributed by atoms with E-state index in [-0.39, 0.29) is 6.61 Å². The second-order valence-corrected chi connectivity index (χ2v) is 4.15. The molecule has 0 bridgehead atoms. The van der Waals surface area contributed by atoms with Gasteiger partial charge in [-0.3, -0.25) is 4.79 Å². The molecule has 0 aliphatic carbocycles. The molecule has 0 unspecified atom stereocenters. The van der Waals surface area contributed by atoms with Crippen LogP contribution in [0.15, 0.2) is 18.2 Å². The van der Waals surface area contributed by atoms with Crippen LogP contribution in [0, 0.1) is 18.8 Å². The van der Waals surface area contributed by atoms with E-state index in [9.17, 15) is 18.0 Å². The fourth-order valence-electron chi connectivity index (χ4n) is 1.44. The number of aryl methyl sites for hydroxylation is 1. The quantitative estimate of drug-likeness (QED) is 0.839. The molecule has 0 aliphatic rings. The van der Waals surface area contributed by atoms with Gasteiger partial charge < -0.3 is 10.4 Å². The number of rotatable bonds is 3. The minimum Gasteiger partial charge on any atom is -0.384 e. The summed E-state index contributed by atoms with van der Waals surface area (Å²) in [4.78, 5) is 11.4. The van der Waals surface area contributed by atoms with Gasteiger partial charge in [-0.1, -0.05) is 17.9 Å². The topological polar surface area (TPSA) is 49.3 Å². The van der Waals surface area contributed by atoms with Gasteiger partial charge in [0.25, 0.3) is 0 Å². The minimum absolute atomic E-state index is 0.291. The van der Waals surface area contributed by atoms with Gasteiger partial charge >= 0.3 is 6.18 Å². The van der Waals surface area contributed by atoms with Crippen molar-refractivity contribution in [3.05, 3.63) is 29.3 Å². The van der Waals surface area contributed by atoms with Crippen LogP contribution in [0.5, 0.6) is 0 Å². The number of carbonyl (C=O) groups excluding carboxylic acids is 1. The van der Waals surface area contributed by atoms with Crippen molar-refractivity contribution in [2.75, 3.05) is 11.9 Å². The van der Waals surface area contributed by atoms with Gasteiger partial charge in [-0.25, -0.2) is 0 Å². The number of hydrogen-bond donors (Lipinski definition) is 2. The molecule has 0 saturated carbocycles. The lowest BCUT2D eigenvalue weighted by atomic mass is 10.1. The summed E-state index contributed by atoms with van der Waals surface area (Å²) in [7, 11) is 0. The van der Waals surface area contributed by atoms with E-state index < -0.39 is 24.9 Å². The molecule has 2 N–H and O–H groups in total. The molecular formula is C14H14F3NO2. The molecule has 0 aromatic heterocycles. The first kappa shape index (κ1) is 16.1.